The molecule has 3 aromatic rings. The normalized spacial score (nSPS) is 19.6. The van der Waals surface area contributed by atoms with Crippen LogP contribution in [0.25, 0.3) is 11.1 Å². The number of likely N-dealkylation sites (N-methyl/N-ethyl adjacent to an activating group) is 1. The van der Waals surface area contributed by atoms with Crippen LogP contribution in [-0.4, -0.2) is 42.0 Å². The molecule has 1 aromatic heterocycles. The Balaban J connectivity index is 1.51. The number of hydrogen-bond donors (Lipinski definition) is 1. The molecule has 2 atom stereocenters. The summed E-state index contributed by atoms with van der Waals surface area (Å²) in [7, 11) is 4.13. The van der Waals surface area contributed by atoms with Crippen LogP contribution >= 0.6 is 0 Å². The first-order valence-corrected chi connectivity index (χ1v) is 10.1. The van der Waals surface area contributed by atoms with Crippen molar-refractivity contribution >= 4 is 17.0 Å². The third kappa shape index (κ3) is 4.32. The number of amides is 1. The second kappa shape index (κ2) is 8.33. The smallest absolute Gasteiger partial charge is 0.251 e. The molecule has 0 saturated heterocycles. The van der Waals surface area contributed by atoms with Gasteiger partial charge < -0.3 is 14.6 Å². The van der Waals surface area contributed by atoms with Gasteiger partial charge in [0.1, 0.15) is 11.3 Å². The van der Waals surface area contributed by atoms with Gasteiger partial charge >= 0.3 is 0 Å². The molecule has 0 aliphatic heterocycles. The summed E-state index contributed by atoms with van der Waals surface area (Å²) in [4.78, 5) is 19.5. The quantitative estimate of drug-likeness (QED) is 0.705. The standard InChI is InChI=1S/C23H26FN3O2/c1-27(2)20-10-6-5-9-18(20)26-23(28)16-11-12-21-19(13-16)25-22(29-21)14-15-7-3-4-8-17(15)24/h3-4,7-8,11-13,18,20H,5-6,9-10,14H2,1-2H3,(H,26,28)/t18-,20-/m1/s1. The highest BCUT2D eigenvalue weighted by atomic mass is 19.1. The number of halogens is 1. The first-order chi connectivity index (χ1) is 14.0. The lowest BCUT2D eigenvalue weighted by Crippen LogP contribution is -2.51. The summed E-state index contributed by atoms with van der Waals surface area (Å²) in [6.07, 6.45) is 4.70. The van der Waals surface area contributed by atoms with E-state index in [1.165, 1.54) is 12.5 Å². The van der Waals surface area contributed by atoms with Crippen LogP contribution in [0.15, 0.2) is 46.9 Å². The molecule has 1 aliphatic carbocycles. The van der Waals surface area contributed by atoms with Crippen LogP contribution in [-0.2, 0) is 6.42 Å². The van der Waals surface area contributed by atoms with Crippen LogP contribution in [0.5, 0.6) is 0 Å². The second-order valence-corrected chi connectivity index (χ2v) is 7.95. The lowest BCUT2D eigenvalue weighted by atomic mass is 9.89. The van der Waals surface area contributed by atoms with Crippen molar-refractivity contribution in [3.63, 3.8) is 0 Å². The van der Waals surface area contributed by atoms with E-state index in [0.717, 1.165) is 19.3 Å². The number of hydrogen-bond acceptors (Lipinski definition) is 4. The molecular weight excluding hydrogens is 369 g/mol. The minimum absolute atomic E-state index is 0.0932. The third-order valence-corrected chi connectivity index (χ3v) is 5.70. The third-order valence-electron chi connectivity index (χ3n) is 5.70. The first kappa shape index (κ1) is 19.6. The maximum atomic E-state index is 13.9. The highest BCUT2D eigenvalue weighted by Crippen LogP contribution is 2.23. The number of carbonyl (C=O) groups is 1. The van der Waals surface area contributed by atoms with Gasteiger partial charge in [-0.05, 0) is 56.8 Å². The Morgan fingerprint density at radius 3 is 2.79 bits per heavy atom. The van der Waals surface area contributed by atoms with Gasteiger partial charge in [-0.25, -0.2) is 9.37 Å². The SMILES string of the molecule is CN(C)[C@@H]1CCCC[C@H]1NC(=O)c1ccc2oc(Cc3ccccc3F)nc2c1. The first-order valence-electron chi connectivity index (χ1n) is 10.1. The van der Waals surface area contributed by atoms with Crippen LogP contribution in [0.4, 0.5) is 4.39 Å². The van der Waals surface area contributed by atoms with Crippen molar-refractivity contribution in [2.75, 3.05) is 14.1 Å². The van der Waals surface area contributed by atoms with Crippen LogP contribution in [0, 0.1) is 5.82 Å². The summed E-state index contributed by atoms with van der Waals surface area (Å²) < 4.78 is 19.6. The van der Waals surface area contributed by atoms with Crippen LogP contribution in [0.2, 0.25) is 0 Å². The summed E-state index contributed by atoms with van der Waals surface area (Å²) in [6.45, 7) is 0. The Labute approximate surface area is 169 Å². The molecule has 0 radical (unpaired) electrons. The van der Waals surface area contributed by atoms with Crippen molar-refractivity contribution in [3.05, 3.63) is 65.3 Å². The van der Waals surface area contributed by atoms with E-state index in [1.54, 1.807) is 36.4 Å². The Hall–Kier alpha value is -2.73. The zero-order chi connectivity index (χ0) is 20.4. The number of carbonyl (C=O) groups excluding carboxylic acids is 1. The lowest BCUT2D eigenvalue weighted by Gasteiger charge is -2.36. The van der Waals surface area contributed by atoms with Gasteiger partial charge in [-0.3, -0.25) is 4.79 Å². The molecule has 0 unspecified atom stereocenters. The predicted molar refractivity (Wildman–Crippen MR) is 110 cm³/mol. The van der Waals surface area contributed by atoms with Crippen LogP contribution in [0.3, 0.4) is 0 Å². The molecule has 2 aromatic carbocycles. The Morgan fingerprint density at radius 1 is 1.21 bits per heavy atom. The van der Waals surface area contributed by atoms with Crippen molar-refractivity contribution < 1.29 is 13.6 Å². The van der Waals surface area contributed by atoms with Crippen molar-refractivity contribution in [2.24, 2.45) is 0 Å². The topological polar surface area (TPSA) is 58.4 Å². The van der Waals surface area contributed by atoms with Crippen molar-refractivity contribution in [3.8, 4) is 0 Å². The van der Waals surface area contributed by atoms with Gasteiger partial charge in [-0.2, -0.15) is 0 Å². The number of rotatable bonds is 5. The maximum absolute atomic E-state index is 13.9. The Kier molecular flexibility index (Phi) is 5.62. The molecule has 1 N–H and O–H groups in total. The summed E-state index contributed by atoms with van der Waals surface area (Å²) in [6, 6.07) is 12.3. The van der Waals surface area contributed by atoms with Gasteiger partial charge in [0.05, 0.1) is 6.42 Å². The fraction of sp³-hybridized carbons (Fsp3) is 0.391. The van der Waals surface area contributed by atoms with Gasteiger partial charge in [-0.15, -0.1) is 0 Å². The fourth-order valence-electron chi connectivity index (χ4n) is 4.15. The van der Waals surface area contributed by atoms with Gasteiger partial charge in [0.15, 0.2) is 11.5 Å². The van der Waals surface area contributed by atoms with E-state index in [2.05, 4.69) is 29.3 Å². The second-order valence-electron chi connectivity index (χ2n) is 7.95. The molecule has 1 saturated carbocycles. The van der Waals surface area contributed by atoms with E-state index in [-0.39, 0.29) is 24.2 Å². The molecule has 29 heavy (non-hydrogen) atoms. The van der Waals surface area contributed by atoms with E-state index in [1.807, 2.05) is 0 Å². The van der Waals surface area contributed by atoms with E-state index in [0.29, 0.717) is 34.2 Å². The largest absolute Gasteiger partial charge is 0.440 e. The lowest BCUT2D eigenvalue weighted by molar-refractivity contribution is 0.0883. The van der Waals surface area contributed by atoms with Crippen LogP contribution in [0.1, 0.15) is 47.5 Å². The van der Waals surface area contributed by atoms with E-state index in [9.17, 15) is 9.18 Å². The number of benzene rings is 2. The zero-order valence-corrected chi connectivity index (χ0v) is 16.8. The summed E-state index contributed by atoms with van der Waals surface area (Å²) in [5, 5.41) is 3.20. The number of aromatic nitrogens is 1. The average Bonchev–Trinajstić information content (AvgIpc) is 3.11. The molecule has 0 spiro atoms. The predicted octanol–water partition coefficient (Wildman–Crippen LogP) is 4.16. The number of nitrogens with zero attached hydrogens (tertiary/aromatic N) is 2. The highest BCUT2D eigenvalue weighted by molar-refractivity contribution is 5.97. The van der Waals surface area contributed by atoms with Gasteiger partial charge in [0, 0.05) is 17.6 Å². The van der Waals surface area contributed by atoms with E-state index in [4.69, 9.17) is 4.42 Å². The Bertz CT molecular complexity index is 1010. The molecule has 4 rings (SSSR count). The molecular formula is C23H26FN3O2. The summed E-state index contributed by atoms with van der Waals surface area (Å²) >= 11 is 0. The monoisotopic (exact) mass is 395 g/mol. The van der Waals surface area contributed by atoms with Crippen molar-refractivity contribution in [1.29, 1.82) is 0 Å². The molecule has 1 amide bonds. The minimum Gasteiger partial charge on any atom is -0.440 e. The highest BCUT2D eigenvalue weighted by Gasteiger charge is 2.28. The maximum Gasteiger partial charge on any atom is 0.251 e. The molecule has 1 aliphatic rings. The van der Waals surface area contributed by atoms with Crippen molar-refractivity contribution in [2.45, 2.75) is 44.2 Å². The number of fused-ring (bicyclic) bond motifs is 1. The molecule has 152 valence electrons. The van der Waals surface area contributed by atoms with Gasteiger partial charge in [0.2, 0.25) is 0 Å². The molecule has 5 nitrogen and oxygen atoms in total. The minimum atomic E-state index is -0.280. The fourth-order valence-corrected chi connectivity index (χ4v) is 4.15. The average molecular weight is 395 g/mol. The molecule has 1 fully saturated rings. The summed E-state index contributed by atoms with van der Waals surface area (Å²) in [5.74, 6) is 0.0599. The van der Waals surface area contributed by atoms with E-state index >= 15 is 0 Å². The van der Waals surface area contributed by atoms with Gasteiger partial charge in [-0.1, -0.05) is 31.0 Å². The van der Waals surface area contributed by atoms with E-state index < -0.39 is 0 Å². The zero-order valence-electron chi connectivity index (χ0n) is 16.8. The molecule has 1 heterocycles. The number of oxazole rings is 1. The summed E-state index contributed by atoms with van der Waals surface area (Å²) in [5.41, 5.74) is 2.30. The molecule has 0 bridgehead atoms. The Morgan fingerprint density at radius 2 is 2.00 bits per heavy atom. The van der Waals surface area contributed by atoms with Gasteiger partial charge in [0.25, 0.3) is 5.91 Å². The van der Waals surface area contributed by atoms with Crippen LogP contribution < -0.4 is 5.32 Å². The number of nitrogens with one attached hydrogen (secondary N) is 1. The molecule has 6 heteroatoms. The van der Waals surface area contributed by atoms with Crippen molar-refractivity contribution in [1.82, 2.24) is 15.2 Å².